The Morgan fingerprint density at radius 3 is 2.16 bits per heavy atom. The first-order chi connectivity index (χ1) is 11.8. The van der Waals surface area contributed by atoms with Crippen LogP contribution in [0, 0.1) is 0 Å². The number of carbonyl (C=O) groups is 1. The van der Waals surface area contributed by atoms with Gasteiger partial charge in [-0.15, -0.1) is 0 Å². The monoisotopic (exact) mass is 361 g/mol. The molecular formula is C19H23NO4S. The van der Waals surface area contributed by atoms with Crippen molar-refractivity contribution in [2.45, 2.75) is 37.1 Å². The van der Waals surface area contributed by atoms with Crippen LogP contribution in [0.3, 0.4) is 0 Å². The van der Waals surface area contributed by atoms with Crippen LogP contribution < -0.4 is 4.72 Å². The van der Waals surface area contributed by atoms with Crippen LogP contribution in [-0.4, -0.2) is 27.5 Å². The number of hydrogen-bond donors (Lipinski definition) is 1. The van der Waals surface area contributed by atoms with Crippen molar-refractivity contribution in [2.24, 2.45) is 0 Å². The summed E-state index contributed by atoms with van der Waals surface area (Å²) < 4.78 is 32.4. The molecule has 134 valence electrons. The van der Waals surface area contributed by atoms with Gasteiger partial charge in [-0.05, 0) is 35.6 Å². The zero-order valence-electron chi connectivity index (χ0n) is 14.6. The minimum absolute atomic E-state index is 0.124. The summed E-state index contributed by atoms with van der Waals surface area (Å²) in [7, 11) is -2.59. The molecule has 0 saturated heterocycles. The van der Waals surface area contributed by atoms with Gasteiger partial charge in [0.15, 0.2) is 0 Å². The Hall–Kier alpha value is -2.18. The fourth-order valence-corrected chi connectivity index (χ4v) is 3.64. The van der Waals surface area contributed by atoms with Crippen LogP contribution in [-0.2, 0) is 26.0 Å². The van der Waals surface area contributed by atoms with Crippen molar-refractivity contribution in [1.82, 2.24) is 4.72 Å². The van der Waals surface area contributed by atoms with Crippen molar-refractivity contribution in [3.8, 4) is 0 Å². The van der Waals surface area contributed by atoms with E-state index in [0.717, 1.165) is 11.1 Å². The molecule has 1 N–H and O–H groups in total. The molecule has 0 aliphatic carbocycles. The van der Waals surface area contributed by atoms with Gasteiger partial charge in [0.25, 0.3) is 0 Å². The molecule has 0 saturated carbocycles. The van der Waals surface area contributed by atoms with Crippen molar-refractivity contribution in [3.63, 3.8) is 0 Å². The highest BCUT2D eigenvalue weighted by molar-refractivity contribution is 7.89. The highest BCUT2D eigenvalue weighted by Gasteiger charge is 2.26. The Labute approximate surface area is 149 Å². The number of carbonyl (C=O) groups excluding carboxylic acids is 1. The van der Waals surface area contributed by atoms with Crippen LogP contribution in [0.15, 0.2) is 59.5 Å². The molecule has 0 aliphatic heterocycles. The molecule has 0 fully saturated rings. The van der Waals surface area contributed by atoms with E-state index in [1.54, 1.807) is 24.3 Å². The molecule has 2 aromatic rings. The second-order valence-corrected chi connectivity index (χ2v) is 7.82. The number of methoxy groups -OCH3 is 1. The van der Waals surface area contributed by atoms with Gasteiger partial charge in [-0.1, -0.05) is 56.3 Å². The first kappa shape index (κ1) is 19.1. The van der Waals surface area contributed by atoms with Gasteiger partial charge >= 0.3 is 5.97 Å². The Morgan fingerprint density at radius 1 is 1.04 bits per heavy atom. The molecule has 5 nitrogen and oxygen atoms in total. The van der Waals surface area contributed by atoms with Gasteiger partial charge in [-0.2, -0.15) is 4.72 Å². The van der Waals surface area contributed by atoms with Gasteiger partial charge in [0.2, 0.25) is 10.0 Å². The number of esters is 1. The topological polar surface area (TPSA) is 72.5 Å². The third-order valence-corrected chi connectivity index (χ3v) is 5.41. The van der Waals surface area contributed by atoms with Crippen LogP contribution in [0.25, 0.3) is 0 Å². The predicted octanol–water partition coefficient (Wildman–Crippen LogP) is 2.87. The zero-order valence-corrected chi connectivity index (χ0v) is 15.4. The summed E-state index contributed by atoms with van der Waals surface area (Å²) in [6, 6.07) is 14.9. The number of benzene rings is 2. The molecule has 0 amide bonds. The lowest BCUT2D eigenvalue weighted by molar-refractivity contribution is -0.142. The third-order valence-electron chi connectivity index (χ3n) is 3.92. The molecule has 0 aromatic heterocycles. The lowest BCUT2D eigenvalue weighted by Gasteiger charge is -2.17. The molecule has 0 unspecified atom stereocenters. The summed E-state index contributed by atoms with van der Waals surface area (Å²) in [6.45, 7) is 4.07. The SMILES string of the molecule is COC(=O)[C@H](Cc1ccccc1)NS(=O)(=O)c1ccc(C(C)C)cc1. The van der Waals surface area contributed by atoms with Gasteiger partial charge in [-0.25, -0.2) is 8.42 Å². The van der Waals surface area contributed by atoms with E-state index in [1.165, 1.54) is 7.11 Å². The Balaban J connectivity index is 2.22. The summed E-state index contributed by atoms with van der Waals surface area (Å²) in [5.74, 6) is -0.308. The quantitative estimate of drug-likeness (QED) is 0.770. The molecule has 2 rings (SSSR count). The van der Waals surface area contributed by atoms with E-state index in [2.05, 4.69) is 4.72 Å². The molecule has 0 bridgehead atoms. The Morgan fingerprint density at radius 2 is 1.64 bits per heavy atom. The maximum Gasteiger partial charge on any atom is 0.324 e. The number of sulfonamides is 1. The van der Waals surface area contributed by atoms with E-state index in [4.69, 9.17) is 4.74 Å². The molecular weight excluding hydrogens is 338 g/mol. The smallest absolute Gasteiger partial charge is 0.324 e. The largest absolute Gasteiger partial charge is 0.468 e. The normalized spacial score (nSPS) is 12.8. The lowest BCUT2D eigenvalue weighted by Crippen LogP contribution is -2.42. The van der Waals surface area contributed by atoms with E-state index in [-0.39, 0.29) is 11.3 Å². The molecule has 6 heteroatoms. The summed E-state index contributed by atoms with van der Waals surface area (Å²) >= 11 is 0. The third kappa shape index (κ3) is 5.14. The second-order valence-electron chi connectivity index (χ2n) is 6.11. The summed E-state index contributed by atoms with van der Waals surface area (Å²) in [4.78, 5) is 12.1. The minimum atomic E-state index is -3.83. The van der Waals surface area contributed by atoms with Crippen molar-refractivity contribution in [1.29, 1.82) is 0 Å². The summed E-state index contributed by atoms with van der Waals surface area (Å²) in [5, 5.41) is 0. The zero-order chi connectivity index (χ0) is 18.4. The Bertz CT molecular complexity index is 799. The van der Waals surface area contributed by atoms with Crippen molar-refractivity contribution in [3.05, 3.63) is 65.7 Å². The van der Waals surface area contributed by atoms with Gasteiger partial charge in [0.05, 0.1) is 12.0 Å². The number of rotatable bonds is 7. The summed E-state index contributed by atoms with van der Waals surface area (Å²) in [6.07, 6.45) is 0.219. The molecule has 25 heavy (non-hydrogen) atoms. The Kier molecular flexibility index (Phi) is 6.33. The minimum Gasteiger partial charge on any atom is -0.468 e. The van der Waals surface area contributed by atoms with Gasteiger partial charge in [0, 0.05) is 0 Å². The van der Waals surface area contributed by atoms with Crippen molar-refractivity contribution < 1.29 is 17.9 Å². The average Bonchev–Trinajstić information content (AvgIpc) is 2.61. The predicted molar refractivity (Wildman–Crippen MR) is 96.8 cm³/mol. The maximum absolute atomic E-state index is 12.6. The second kappa shape index (κ2) is 8.27. The van der Waals surface area contributed by atoms with Crippen molar-refractivity contribution >= 4 is 16.0 Å². The highest BCUT2D eigenvalue weighted by Crippen LogP contribution is 2.18. The van der Waals surface area contributed by atoms with Gasteiger partial charge in [0.1, 0.15) is 6.04 Å². The molecule has 0 radical (unpaired) electrons. The molecule has 0 spiro atoms. The van der Waals surface area contributed by atoms with Crippen LogP contribution in [0.4, 0.5) is 0 Å². The molecule has 2 aromatic carbocycles. The van der Waals surface area contributed by atoms with E-state index in [9.17, 15) is 13.2 Å². The lowest BCUT2D eigenvalue weighted by atomic mass is 10.0. The first-order valence-corrected chi connectivity index (χ1v) is 9.56. The fourth-order valence-electron chi connectivity index (χ4n) is 2.45. The van der Waals surface area contributed by atoms with Crippen LogP contribution >= 0.6 is 0 Å². The number of hydrogen-bond acceptors (Lipinski definition) is 4. The summed E-state index contributed by atoms with van der Waals surface area (Å²) in [5.41, 5.74) is 1.89. The number of nitrogens with one attached hydrogen (secondary N) is 1. The van der Waals surface area contributed by atoms with E-state index in [1.807, 2.05) is 44.2 Å². The number of ether oxygens (including phenoxy) is 1. The van der Waals surface area contributed by atoms with Crippen LogP contribution in [0.1, 0.15) is 30.9 Å². The fraction of sp³-hybridized carbons (Fsp3) is 0.316. The molecule has 0 aliphatic rings. The van der Waals surface area contributed by atoms with E-state index >= 15 is 0 Å². The van der Waals surface area contributed by atoms with Gasteiger partial charge in [-0.3, -0.25) is 4.79 Å². The average molecular weight is 361 g/mol. The van der Waals surface area contributed by atoms with Gasteiger partial charge < -0.3 is 4.74 Å². The first-order valence-electron chi connectivity index (χ1n) is 8.07. The van der Waals surface area contributed by atoms with E-state index in [0.29, 0.717) is 5.92 Å². The molecule has 0 heterocycles. The van der Waals surface area contributed by atoms with Crippen molar-refractivity contribution in [2.75, 3.05) is 7.11 Å². The standard InChI is InChI=1S/C19H23NO4S/c1-14(2)16-9-11-17(12-10-16)25(22,23)20-18(19(21)24-3)13-15-7-5-4-6-8-15/h4-12,14,18,20H,13H2,1-3H3/t18-/m0/s1. The maximum atomic E-state index is 12.6. The van der Waals surface area contributed by atoms with Crippen LogP contribution in [0.2, 0.25) is 0 Å². The molecule has 1 atom stereocenters. The van der Waals surface area contributed by atoms with E-state index < -0.39 is 22.0 Å². The highest BCUT2D eigenvalue weighted by atomic mass is 32.2. The van der Waals surface area contributed by atoms with Crippen LogP contribution in [0.5, 0.6) is 0 Å².